The zero-order chi connectivity index (χ0) is 27.8. The maximum atomic E-state index is 12.3. The molecule has 0 radical (unpaired) electrons. The van der Waals surface area contributed by atoms with Gasteiger partial charge in [-0.1, -0.05) is 43.3 Å². The van der Waals surface area contributed by atoms with Crippen molar-refractivity contribution in [3.8, 4) is 0 Å². The second-order valence-corrected chi connectivity index (χ2v) is 10.0. The molecular formula is C29H39N3O7. The number of esters is 1. The number of benzene rings is 2. The summed E-state index contributed by atoms with van der Waals surface area (Å²) in [6, 6.07) is 14.6. The number of nitrogens with one attached hydrogen (secondary N) is 2. The zero-order valence-corrected chi connectivity index (χ0v) is 22.5. The minimum atomic E-state index is -0.687. The van der Waals surface area contributed by atoms with Gasteiger partial charge in [0.25, 0.3) is 0 Å². The van der Waals surface area contributed by atoms with Crippen LogP contribution in [0, 0.1) is 5.92 Å². The average molecular weight is 542 g/mol. The first-order valence-corrected chi connectivity index (χ1v) is 13.6. The number of likely N-dealkylation sites (tertiary alicyclic amines) is 1. The molecule has 0 aliphatic carbocycles. The molecule has 5 unspecified atom stereocenters. The average Bonchev–Trinajstić information content (AvgIpc) is 3.40. The van der Waals surface area contributed by atoms with Crippen LogP contribution < -0.4 is 10.6 Å². The van der Waals surface area contributed by atoms with Gasteiger partial charge in [0, 0.05) is 29.8 Å². The molecule has 10 heteroatoms. The number of hydrogen-bond donors (Lipinski definition) is 4. The van der Waals surface area contributed by atoms with Crippen LogP contribution >= 0.6 is 0 Å². The molecule has 2 aromatic carbocycles. The number of hydrogen-bond acceptors (Lipinski definition) is 8. The fourth-order valence-electron chi connectivity index (χ4n) is 5.20. The van der Waals surface area contributed by atoms with E-state index in [1.54, 1.807) is 19.1 Å². The van der Waals surface area contributed by atoms with E-state index in [-0.39, 0.29) is 50.5 Å². The molecule has 0 saturated carbocycles. The maximum Gasteiger partial charge on any atom is 0.325 e. The molecule has 10 nitrogen and oxygen atoms in total. The second kappa shape index (κ2) is 13.9. The molecule has 2 saturated heterocycles. The SMILES string of the molecule is CCOC(=O)CNC(=O)Nc1cccc(C2OC(CN3CCCC3CO)C(C)C(c3ccc(CO)cc3)O2)c1. The molecule has 2 fully saturated rings. The van der Waals surface area contributed by atoms with Crippen LogP contribution in [-0.4, -0.2) is 72.1 Å². The third kappa shape index (κ3) is 7.55. The lowest BCUT2D eigenvalue weighted by atomic mass is 9.90. The number of urea groups is 1. The van der Waals surface area contributed by atoms with Gasteiger partial charge in [-0.25, -0.2) is 4.79 Å². The Kier molecular flexibility index (Phi) is 10.3. The Morgan fingerprint density at radius 2 is 1.90 bits per heavy atom. The summed E-state index contributed by atoms with van der Waals surface area (Å²) in [5, 5.41) is 24.5. The summed E-state index contributed by atoms with van der Waals surface area (Å²) < 4.78 is 17.9. The van der Waals surface area contributed by atoms with E-state index in [2.05, 4.69) is 22.5 Å². The van der Waals surface area contributed by atoms with E-state index >= 15 is 0 Å². The first-order valence-electron chi connectivity index (χ1n) is 13.6. The number of ether oxygens (including phenoxy) is 3. The smallest absolute Gasteiger partial charge is 0.325 e. The summed E-state index contributed by atoms with van der Waals surface area (Å²) >= 11 is 0. The number of aliphatic hydroxyl groups excluding tert-OH is 2. The van der Waals surface area contributed by atoms with Crippen molar-refractivity contribution >= 4 is 17.7 Å². The monoisotopic (exact) mass is 541 g/mol. The van der Waals surface area contributed by atoms with Gasteiger partial charge >= 0.3 is 12.0 Å². The first kappa shape index (κ1) is 29.0. The summed E-state index contributed by atoms with van der Waals surface area (Å²) in [6.45, 7) is 5.52. The van der Waals surface area contributed by atoms with Crippen LogP contribution in [0.2, 0.25) is 0 Å². The Morgan fingerprint density at radius 3 is 2.62 bits per heavy atom. The van der Waals surface area contributed by atoms with Crippen molar-refractivity contribution in [1.82, 2.24) is 10.2 Å². The highest BCUT2D eigenvalue weighted by Crippen LogP contribution is 2.42. The number of rotatable bonds is 10. The van der Waals surface area contributed by atoms with E-state index in [1.807, 2.05) is 36.4 Å². The van der Waals surface area contributed by atoms with Crippen molar-refractivity contribution in [3.63, 3.8) is 0 Å². The number of amides is 2. The molecule has 2 aromatic rings. The van der Waals surface area contributed by atoms with Crippen molar-refractivity contribution in [1.29, 1.82) is 0 Å². The Balaban J connectivity index is 1.52. The van der Waals surface area contributed by atoms with Gasteiger partial charge in [-0.3, -0.25) is 9.69 Å². The molecule has 5 atom stereocenters. The second-order valence-electron chi connectivity index (χ2n) is 10.0. The topological polar surface area (TPSA) is 130 Å². The highest BCUT2D eigenvalue weighted by molar-refractivity contribution is 5.91. The third-order valence-corrected chi connectivity index (χ3v) is 7.36. The Labute approximate surface area is 229 Å². The van der Waals surface area contributed by atoms with Gasteiger partial charge in [-0.2, -0.15) is 0 Å². The quantitative estimate of drug-likeness (QED) is 0.338. The van der Waals surface area contributed by atoms with Gasteiger partial charge in [-0.05, 0) is 49.6 Å². The predicted octanol–water partition coefficient (Wildman–Crippen LogP) is 3.11. The van der Waals surface area contributed by atoms with Crippen LogP contribution in [0.4, 0.5) is 10.5 Å². The van der Waals surface area contributed by atoms with E-state index in [9.17, 15) is 19.8 Å². The lowest BCUT2D eigenvalue weighted by Gasteiger charge is -2.43. The molecule has 39 heavy (non-hydrogen) atoms. The molecule has 0 spiro atoms. The molecule has 4 N–H and O–H groups in total. The Morgan fingerprint density at radius 1 is 1.10 bits per heavy atom. The minimum Gasteiger partial charge on any atom is -0.465 e. The Bertz CT molecular complexity index is 1100. The van der Waals surface area contributed by atoms with E-state index in [0.717, 1.165) is 36.1 Å². The summed E-state index contributed by atoms with van der Waals surface area (Å²) in [5.74, 6) is -0.485. The fourth-order valence-corrected chi connectivity index (χ4v) is 5.20. The van der Waals surface area contributed by atoms with Crippen LogP contribution in [0.1, 0.15) is 55.8 Å². The third-order valence-electron chi connectivity index (χ3n) is 7.36. The number of aliphatic hydroxyl groups is 2. The van der Waals surface area contributed by atoms with Crippen molar-refractivity contribution in [2.24, 2.45) is 5.92 Å². The van der Waals surface area contributed by atoms with Gasteiger partial charge in [0.05, 0.1) is 32.0 Å². The molecule has 4 rings (SSSR count). The molecule has 0 bridgehead atoms. The Hall–Kier alpha value is -3.02. The first-order chi connectivity index (χ1) is 18.9. The predicted molar refractivity (Wildman–Crippen MR) is 145 cm³/mol. The number of anilines is 1. The van der Waals surface area contributed by atoms with Crippen LogP contribution in [0.3, 0.4) is 0 Å². The van der Waals surface area contributed by atoms with Gasteiger partial charge in [0.2, 0.25) is 0 Å². The fraction of sp³-hybridized carbons (Fsp3) is 0.517. The number of nitrogens with zero attached hydrogens (tertiary/aromatic N) is 1. The van der Waals surface area contributed by atoms with Crippen LogP contribution in [-0.2, 0) is 25.6 Å². The molecular weight excluding hydrogens is 502 g/mol. The molecule has 212 valence electrons. The lowest BCUT2D eigenvalue weighted by Crippen LogP contribution is -2.46. The van der Waals surface area contributed by atoms with Crippen molar-refractivity contribution in [2.45, 2.75) is 57.8 Å². The number of carbonyl (C=O) groups is 2. The summed E-state index contributed by atoms with van der Waals surface area (Å²) in [6.07, 6.45) is 0.900. The van der Waals surface area contributed by atoms with E-state index in [1.165, 1.54) is 0 Å². The van der Waals surface area contributed by atoms with Gasteiger partial charge < -0.3 is 35.1 Å². The maximum absolute atomic E-state index is 12.3. The molecule has 2 heterocycles. The number of carbonyl (C=O) groups excluding carboxylic acids is 2. The largest absolute Gasteiger partial charge is 0.465 e. The molecule has 0 aromatic heterocycles. The van der Waals surface area contributed by atoms with Gasteiger partial charge in [0.15, 0.2) is 6.29 Å². The van der Waals surface area contributed by atoms with E-state index < -0.39 is 18.3 Å². The van der Waals surface area contributed by atoms with Gasteiger partial charge in [-0.15, -0.1) is 0 Å². The highest BCUT2D eigenvalue weighted by atomic mass is 16.7. The van der Waals surface area contributed by atoms with Crippen LogP contribution in [0.5, 0.6) is 0 Å². The standard InChI is InChI=1S/C29H39N3O7/c1-3-37-26(35)15-30-29(36)31-23-7-4-6-22(14-23)28-38-25(16-32-13-5-8-24(32)18-34)19(2)27(39-28)21-11-9-20(17-33)10-12-21/h4,6-7,9-12,14,19,24-25,27-28,33-34H,3,5,8,13,15-18H2,1-2H3,(H2,30,31,36). The zero-order valence-electron chi connectivity index (χ0n) is 22.5. The summed E-state index contributed by atoms with van der Waals surface area (Å²) in [7, 11) is 0. The van der Waals surface area contributed by atoms with E-state index in [0.29, 0.717) is 12.2 Å². The van der Waals surface area contributed by atoms with Crippen molar-refractivity contribution in [2.75, 3.05) is 38.2 Å². The minimum absolute atomic E-state index is 0.0242. The van der Waals surface area contributed by atoms with Crippen LogP contribution in [0.25, 0.3) is 0 Å². The lowest BCUT2D eigenvalue weighted by molar-refractivity contribution is -0.276. The van der Waals surface area contributed by atoms with Crippen molar-refractivity contribution < 1.29 is 34.0 Å². The highest BCUT2D eigenvalue weighted by Gasteiger charge is 2.40. The van der Waals surface area contributed by atoms with E-state index in [4.69, 9.17) is 14.2 Å². The normalized spacial score (nSPS) is 25.3. The van der Waals surface area contributed by atoms with Crippen molar-refractivity contribution in [3.05, 3.63) is 65.2 Å². The summed E-state index contributed by atoms with van der Waals surface area (Å²) in [4.78, 5) is 26.1. The summed E-state index contributed by atoms with van der Waals surface area (Å²) in [5.41, 5.74) is 3.09. The van der Waals surface area contributed by atoms with Crippen LogP contribution in [0.15, 0.2) is 48.5 Å². The molecule has 2 aliphatic heterocycles. The molecule has 2 amide bonds. The molecule has 2 aliphatic rings. The van der Waals surface area contributed by atoms with Gasteiger partial charge in [0.1, 0.15) is 6.54 Å².